The highest BCUT2D eigenvalue weighted by molar-refractivity contribution is 7.09. The quantitative estimate of drug-likeness (QED) is 0.753. The lowest BCUT2D eigenvalue weighted by Gasteiger charge is -2.53. The predicted molar refractivity (Wildman–Crippen MR) is 119 cm³/mol. The van der Waals surface area contributed by atoms with E-state index < -0.39 is 0 Å². The molecule has 1 spiro atoms. The van der Waals surface area contributed by atoms with E-state index in [9.17, 15) is 4.79 Å². The lowest BCUT2D eigenvalue weighted by molar-refractivity contribution is -0.138. The van der Waals surface area contributed by atoms with Crippen LogP contribution in [0.4, 0.5) is 0 Å². The third-order valence-corrected chi connectivity index (χ3v) is 8.66. The fourth-order valence-corrected chi connectivity index (χ4v) is 7.22. The van der Waals surface area contributed by atoms with Crippen molar-refractivity contribution in [3.63, 3.8) is 0 Å². The first kappa shape index (κ1) is 19.3. The molecule has 3 fully saturated rings. The summed E-state index contributed by atoms with van der Waals surface area (Å²) in [4.78, 5) is 16.6. The molecule has 1 aliphatic carbocycles. The van der Waals surface area contributed by atoms with Crippen LogP contribution in [0.1, 0.15) is 55.4 Å². The van der Waals surface area contributed by atoms with Gasteiger partial charge >= 0.3 is 0 Å². The minimum absolute atomic E-state index is 0.133. The van der Waals surface area contributed by atoms with Crippen molar-refractivity contribution in [2.75, 3.05) is 6.54 Å². The molecule has 3 heterocycles. The molecule has 1 aromatic carbocycles. The third kappa shape index (κ3) is 3.66. The van der Waals surface area contributed by atoms with Crippen molar-refractivity contribution in [2.24, 2.45) is 11.8 Å². The summed E-state index contributed by atoms with van der Waals surface area (Å²) in [6.07, 6.45) is 8.91. The van der Waals surface area contributed by atoms with Gasteiger partial charge in [-0.1, -0.05) is 36.4 Å². The van der Waals surface area contributed by atoms with Crippen LogP contribution in [0, 0.1) is 11.8 Å². The molecule has 3 aliphatic rings. The van der Waals surface area contributed by atoms with Gasteiger partial charge in [-0.25, -0.2) is 0 Å². The molecule has 0 radical (unpaired) electrons. The second-order valence-corrected chi connectivity index (χ2v) is 10.2. The van der Waals surface area contributed by atoms with Crippen LogP contribution in [0.25, 0.3) is 0 Å². The highest BCUT2D eigenvalue weighted by Crippen LogP contribution is 2.52. The maximum Gasteiger partial charge on any atom is 0.223 e. The van der Waals surface area contributed by atoms with Crippen molar-refractivity contribution in [1.82, 2.24) is 10.2 Å². The lowest BCUT2D eigenvalue weighted by atomic mass is 9.61. The van der Waals surface area contributed by atoms with Crippen LogP contribution < -0.4 is 5.32 Å². The van der Waals surface area contributed by atoms with Crippen LogP contribution in [0.5, 0.6) is 0 Å². The van der Waals surface area contributed by atoms with Crippen molar-refractivity contribution >= 4 is 17.2 Å². The molecule has 0 unspecified atom stereocenters. The maximum absolute atomic E-state index is 12.9. The minimum Gasteiger partial charge on any atom is -0.337 e. The molecule has 4 heteroatoms. The predicted octanol–water partition coefficient (Wildman–Crippen LogP) is 5.02. The monoisotopic (exact) mass is 408 g/mol. The minimum atomic E-state index is 0.133. The molecule has 1 N–H and O–H groups in total. The molecule has 1 aromatic heterocycles. The number of amides is 1. The second-order valence-electron chi connectivity index (χ2n) is 9.21. The lowest BCUT2D eigenvalue weighted by Crippen LogP contribution is -2.60. The molecular formula is C25H32N2OS. The number of thiophene rings is 1. The van der Waals surface area contributed by atoms with Gasteiger partial charge in [0.15, 0.2) is 0 Å². The molecule has 2 aliphatic heterocycles. The summed E-state index contributed by atoms with van der Waals surface area (Å²) >= 11 is 1.84. The van der Waals surface area contributed by atoms with Gasteiger partial charge in [0.2, 0.25) is 5.91 Å². The van der Waals surface area contributed by atoms with Gasteiger partial charge in [-0.2, -0.15) is 0 Å². The van der Waals surface area contributed by atoms with E-state index in [1.54, 1.807) is 0 Å². The first-order chi connectivity index (χ1) is 14.3. The average molecular weight is 409 g/mol. The Balaban J connectivity index is 1.44. The number of hydrogen-bond acceptors (Lipinski definition) is 3. The van der Waals surface area contributed by atoms with Gasteiger partial charge in [0.05, 0.1) is 0 Å². The molecule has 1 saturated carbocycles. The fourth-order valence-electron chi connectivity index (χ4n) is 6.56. The van der Waals surface area contributed by atoms with Gasteiger partial charge in [0, 0.05) is 36.0 Å². The van der Waals surface area contributed by atoms with Crippen molar-refractivity contribution in [1.29, 1.82) is 0 Å². The first-order valence-corrected chi connectivity index (χ1v) is 12.2. The Morgan fingerprint density at radius 3 is 2.79 bits per heavy atom. The van der Waals surface area contributed by atoms with Crippen LogP contribution >= 0.6 is 11.3 Å². The van der Waals surface area contributed by atoms with Gasteiger partial charge in [-0.15, -0.1) is 11.3 Å². The number of hydrogen-bond donors (Lipinski definition) is 1. The van der Waals surface area contributed by atoms with E-state index in [4.69, 9.17) is 0 Å². The van der Waals surface area contributed by atoms with E-state index in [0.29, 0.717) is 23.8 Å². The Hall–Kier alpha value is -1.65. The van der Waals surface area contributed by atoms with Crippen molar-refractivity contribution in [3.8, 4) is 0 Å². The van der Waals surface area contributed by atoms with E-state index in [2.05, 4.69) is 58.1 Å². The zero-order valence-corrected chi connectivity index (χ0v) is 18.0. The second kappa shape index (κ2) is 8.23. The number of benzene rings is 1. The van der Waals surface area contributed by atoms with Crippen molar-refractivity contribution in [3.05, 3.63) is 58.3 Å². The third-order valence-electron chi connectivity index (χ3n) is 7.78. The Labute approximate surface area is 178 Å². The number of nitrogens with one attached hydrogen (secondary N) is 1. The standard InChI is InChI=1S/C25H32N2OS/c28-24-11-4-10-22-21(17-19-7-2-1-3-8-19)23(26-18-20-9-5-16-29-20)12-14-25(22)13-6-15-27(24)25/h1-3,5,7-9,16,21-23,26H,4,6,10-15,17-18H2/t21-,22+,23-,25-/m1/s1. The Bertz CT molecular complexity index is 821. The molecule has 4 atom stereocenters. The van der Waals surface area contributed by atoms with Gasteiger partial charge < -0.3 is 10.2 Å². The van der Waals surface area contributed by atoms with E-state index >= 15 is 0 Å². The molecule has 3 nitrogen and oxygen atoms in total. The topological polar surface area (TPSA) is 32.3 Å². The van der Waals surface area contributed by atoms with Gasteiger partial charge in [0.1, 0.15) is 0 Å². The Morgan fingerprint density at radius 1 is 1.07 bits per heavy atom. The summed E-state index contributed by atoms with van der Waals surface area (Å²) in [5.74, 6) is 1.64. The zero-order chi connectivity index (χ0) is 19.7. The smallest absolute Gasteiger partial charge is 0.223 e. The Morgan fingerprint density at radius 2 is 1.97 bits per heavy atom. The van der Waals surface area contributed by atoms with Crippen LogP contribution in [0.3, 0.4) is 0 Å². The van der Waals surface area contributed by atoms with Gasteiger partial charge in [-0.3, -0.25) is 4.79 Å². The van der Waals surface area contributed by atoms with Crippen LogP contribution in [0.15, 0.2) is 47.8 Å². The van der Waals surface area contributed by atoms with Crippen LogP contribution in [-0.4, -0.2) is 28.9 Å². The fraction of sp³-hybridized carbons (Fsp3) is 0.560. The van der Waals surface area contributed by atoms with Crippen molar-refractivity contribution < 1.29 is 4.79 Å². The number of rotatable bonds is 5. The zero-order valence-electron chi connectivity index (χ0n) is 17.2. The van der Waals surface area contributed by atoms with Crippen LogP contribution in [0.2, 0.25) is 0 Å². The normalized spacial score (nSPS) is 31.9. The summed E-state index contributed by atoms with van der Waals surface area (Å²) in [5, 5.41) is 6.11. The number of carbonyl (C=O) groups excluding carboxylic acids is 1. The molecule has 2 aromatic rings. The molecule has 29 heavy (non-hydrogen) atoms. The summed E-state index contributed by atoms with van der Waals surface area (Å²) in [6.45, 7) is 1.96. The molecule has 154 valence electrons. The molecule has 0 bridgehead atoms. The summed E-state index contributed by atoms with van der Waals surface area (Å²) in [5.41, 5.74) is 1.58. The summed E-state index contributed by atoms with van der Waals surface area (Å²) < 4.78 is 0. The van der Waals surface area contributed by atoms with Gasteiger partial charge in [-0.05, 0) is 73.8 Å². The van der Waals surface area contributed by atoms with E-state index in [1.165, 1.54) is 42.5 Å². The SMILES string of the molecule is O=C1CCC[C@H]2[C@@H](Cc3ccccc3)[C@H](NCc3cccs3)CC[C@]23CCCN13. The highest BCUT2D eigenvalue weighted by Gasteiger charge is 2.55. The molecule has 1 amide bonds. The molecule has 5 rings (SSSR count). The first-order valence-electron chi connectivity index (χ1n) is 11.4. The maximum atomic E-state index is 12.9. The number of nitrogens with zero attached hydrogens (tertiary/aromatic N) is 1. The van der Waals surface area contributed by atoms with E-state index in [0.717, 1.165) is 32.4 Å². The highest BCUT2D eigenvalue weighted by atomic mass is 32.1. The number of carbonyl (C=O) groups is 1. The average Bonchev–Trinajstić information content (AvgIpc) is 3.38. The molecular weight excluding hydrogens is 376 g/mol. The Kier molecular flexibility index (Phi) is 5.49. The van der Waals surface area contributed by atoms with Crippen LogP contribution in [-0.2, 0) is 17.8 Å². The largest absolute Gasteiger partial charge is 0.337 e. The summed E-state index contributed by atoms with van der Waals surface area (Å²) in [6, 6.07) is 15.9. The van der Waals surface area contributed by atoms with E-state index in [1.807, 2.05) is 11.3 Å². The van der Waals surface area contributed by atoms with E-state index in [-0.39, 0.29) is 5.54 Å². The molecule has 2 saturated heterocycles. The summed E-state index contributed by atoms with van der Waals surface area (Å²) in [7, 11) is 0. The van der Waals surface area contributed by atoms with Gasteiger partial charge in [0.25, 0.3) is 0 Å². The van der Waals surface area contributed by atoms with Crippen molar-refractivity contribution in [2.45, 2.75) is 69.5 Å².